The lowest BCUT2D eigenvalue weighted by Crippen LogP contribution is -2.42. The summed E-state index contributed by atoms with van der Waals surface area (Å²) in [6, 6.07) is 5.66. The number of nitrogens with one attached hydrogen (secondary N) is 2. The molecule has 0 bridgehead atoms. The lowest BCUT2D eigenvalue weighted by Gasteiger charge is -2.20. The van der Waals surface area contributed by atoms with Crippen molar-refractivity contribution in [2.75, 3.05) is 6.54 Å². The first-order valence-electron chi connectivity index (χ1n) is 6.31. The molecule has 0 saturated carbocycles. The SMILES string of the molecule is CC(C)(CNC(=O)c1ccc2c(c1)CNC2)C(N)=O. The van der Waals surface area contributed by atoms with Crippen LogP contribution in [0.5, 0.6) is 0 Å². The van der Waals surface area contributed by atoms with E-state index in [-0.39, 0.29) is 12.5 Å². The summed E-state index contributed by atoms with van der Waals surface area (Å²) in [6.45, 7) is 5.30. The first-order chi connectivity index (χ1) is 8.90. The third-order valence-corrected chi connectivity index (χ3v) is 3.46. The van der Waals surface area contributed by atoms with Gasteiger partial charge >= 0.3 is 0 Å². The Hall–Kier alpha value is -1.88. The van der Waals surface area contributed by atoms with E-state index in [0.29, 0.717) is 5.56 Å². The summed E-state index contributed by atoms with van der Waals surface area (Å²) in [7, 11) is 0. The molecule has 0 aromatic heterocycles. The summed E-state index contributed by atoms with van der Waals surface area (Å²) in [5, 5.41) is 5.98. The van der Waals surface area contributed by atoms with Gasteiger partial charge in [0.1, 0.15) is 0 Å². The van der Waals surface area contributed by atoms with Gasteiger partial charge in [-0.25, -0.2) is 0 Å². The number of primary amides is 1. The average molecular weight is 261 g/mol. The molecule has 0 unspecified atom stereocenters. The van der Waals surface area contributed by atoms with Crippen molar-refractivity contribution in [3.8, 4) is 0 Å². The predicted molar refractivity (Wildman–Crippen MR) is 72.3 cm³/mol. The van der Waals surface area contributed by atoms with E-state index in [1.807, 2.05) is 12.1 Å². The van der Waals surface area contributed by atoms with E-state index in [1.165, 1.54) is 5.56 Å². The highest BCUT2D eigenvalue weighted by atomic mass is 16.2. The third kappa shape index (κ3) is 2.93. The molecule has 1 aromatic carbocycles. The molecule has 0 fully saturated rings. The average Bonchev–Trinajstić information content (AvgIpc) is 2.82. The van der Waals surface area contributed by atoms with Crippen molar-refractivity contribution in [2.45, 2.75) is 26.9 Å². The normalized spacial score (nSPS) is 14.0. The molecule has 0 atom stereocenters. The number of carbonyl (C=O) groups excluding carboxylic acids is 2. The van der Waals surface area contributed by atoms with Crippen LogP contribution in [0.25, 0.3) is 0 Å². The Balaban J connectivity index is 2.03. The number of hydrogen-bond donors (Lipinski definition) is 3. The summed E-state index contributed by atoms with van der Waals surface area (Å²) >= 11 is 0. The third-order valence-electron chi connectivity index (χ3n) is 3.46. The van der Waals surface area contributed by atoms with Crippen LogP contribution in [0.3, 0.4) is 0 Å². The maximum atomic E-state index is 12.0. The van der Waals surface area contributed by atoms with Crippen molar-refractivity contribution >= 4 is 11.8 Å². The van der Waals surface area contributed by atoms with Gasteiger partial charge in [0.2, 0.25) is 5.91 Å². The van der Waals surface area contributed by atoms with E-state index in [4.69, 9.17) is 5.73 Å². The van der Waals surface area contributed by atoms with Crippen molar-refractivity contribution in [2.24, 2.45) is 11.1 Å². The minimum Gasteiger partial charge on any atom is -0.369 e. The standard InChI is InChI=1S/C14H19N3O2/c1-14(2,13(15)19)8-17-12(18)9-3-4-10-6-16-7-11(10)5-9/h3-5,16H,6-8H2,1-2H3,(H2,15,19)(H,17,18). The van der Waals surface area contributed by atoms with Gasteiger partial charge in [0.05, 0.1) is 5.41 Å². The highest BCUT2D eigenvalue weighted by Gasteiger charge is 2.25. The van der Waals surface area contributed by atoms with Gasteiger partial charge in [-0.05, 0) is 37.1 Å². The van der Waals surface area contributed by atoms with Crippen molar-refractivity contribution in [1.82, 2.24) is 10.6 Å². The van der Waals surface area contributed by atoms with E-state index >= 15 is 0 Å². The number of amides is 2. The zero-order valence-electron chi connectivity index (χ0n) is 11.2. The van der Waals surface area contributed by atoms with Gasteiger partial charge < -0.3 is 16.4 Å². The van der Waals surface area contributed by atoms with Crippen molar-refractivity contribution < 1.29 is 9.59 Å². The summed E-state index contributed by atoms with van der Waals surface area (Å²) in [5.74, 6) is -0.602. The Morgan fingerprint density at radius 3 is 2.68 bits per heavy atom. The highest BCUT2D eigenvalue weighted by Crippen LogP contribution is 2.17. The second-order valence-electron chi connectivity index (χ2n) is 5.52. The maximum absolute atomic E-state index is 12.0. The fourth-order valence-electron chi connectivity index (χ4n) is 1.93. The van der Waals surface area contributed by atoms with Crippen molar-refractivity contribution in [3.05, 3.63) is 34.9 Å². The number of hydrogen-bond acceptors (Lipinski definition) is 3. The van der Waals surface area contributed by atoms with E-state index < -0.39 is 11.3 Å². The monoisotopic (exact) mass is 261 g/mol. The molecule has 0 saturated heterocycles. The van der Waals surface area contributed by atoms with Crippen LogP contribution in [-0.4, -0.2) is 18.4 Å². The van der Waals surface area contributed by atoms with Gasteiger partial charge in [-0.1, -0.05) is 6.07 Å². The van der Waals surface area contributed by atoms with E-state index in [9.17, 15) is 9.59 Å². The van der Waals surface area contributed by atoms with Crippen LogP contribution in [0.4, 0.5) is 0 Å². The number of rotatable bonds is 4. The molecule has 1 aliphatic rings. The topological polar surface area (TPSA) is 84.2 Å². The van der Waals surface area contributed by atoms with Crippen molar-refractivity contribution in [1.29, 1.82) is 0 Å². The smallest absolute Gasteiger partial charge is 0.251 e. The molecule has 1 heterocycles. The van der Waals surface area contributed by atoms with Crippen LogP contribution in [0.2, 0.25) is 0 Å². The molecule has 5 heteroatoms. The summed E-state index contributed by atoms with van der Waals surface area (Å²) in [6.07, 6.45) is 0. The van der Waals surface area contributed by atoms with Crippen LogP contribution in [-0.2, 0) is 17.9 Å². The number of benzene rings is 1. The van der Waals surface area contributed by atoms with Crippen LogP contribution in [0, 0.1) is 5.41 Å². The lowest BCUT2D eigenvalue weighted by atomic mass is 9.92. The molecular weight excluding hydrogens is 242 g/mol. The molecule has 102 valence electrons. The summed E-state index contributed by atoms with van der Waals surface area (Å²) in [5.41, 5.74) is 7.53. The Labute approximate surface area is 112 Å². The Bertz CT molecular complexity index is 523. The first-order valence-corrected chi connectivity index (χ1v) is 6.31. The van der Waals surface area contributed by atoms with Crippen molar-refractivity contribution in [3.63, 3.8) is 0 Å². The molecule has 1 aromatic rings. The largest absolute Gasteiger partial charge is 0.369 e. The molecule has 0 radical (unpaired) electrons. The van der Waals surface area contributed by atoms with Gasteiger partial charge in [0, 0.05) is 25.2 Å². The van der Waals surface area contributed by atoms with Gasteiger partial charge in [-0.15, -0.1) is 0 Å². The lowest BCUT2D eigenvalue weighted by molar-refractivity contribution is -0.125. The molecular formula is C14H19N3O2. The summed E-state index contributed by atoms with van der Waals surface area (Å²) in [4.78, 5) is 23.2. The fraction of sp³-hybridized carbons (Fsp3) is 0.429. The van der Waals surface area contributed by atoms with Crippen LogP contribution in [0.1, 0.15) is 35.3 Å². The minimum atomic E-state index is -0.742. The second kappa shape index (κ2) is 5.01. The number of nitrogens with two attached hydrogens (primary N) is 1. The van der Waals surface area contributed by atoms with Gasteiger partial charge in [0.25, 0.3) is 5.91 Å². The highest BCUT2D eigenvalue weighted by molar-refractivity contribution is 5.95. The predicted octanol–water partition coefficient (Wildman–Crippen LogP) is 0.531. The first kappa shape index (κ1) is 13.5. The minimum absolute atomic E-state index is 0.177. The fourth-order valence-corrected chi connectivity index (χ4v) is 1.93. The molecule has 2 rings (SSSR count). The summed E-state index contributed by atoms with van der Waals surface area (Å²) < 4.78 is 0. The van der Waals surface area contributed by atoms with Crippen LogP contribution in [0.15, 0.2) is 18.2 Å². The van der Waals surface area contributed by atoms with E-state index in [1.54, 1.807) is 19.9 Å². The molecule has 19 heavy (non-hydrogen) atoms. The van der Waals surface area contributed by atoms with Crippen LogP contribution < -0.4 is 16.4 Å². The van der Waals surface area contributed by atoms with Gasteiger partial charge in [-0.2, -0.15) is 0 Å². The van der Waals surface area contributed by atoms with Gasteiger partial charge in [-0.3, -0.25) is 9.59 Å². The zero-order valence-corrected chi connectivity index (χ0v) is 11.2. The Kier molecular flexibility index (Phi) is 3.57. The number of fused-ring (bicyclic) bond motifs is 1. The molecule has 2 amide bonds. The zero-order chi connectivity index (χ0) is 14.0. The maximum Gasteiger partial charge on any atom is 0.251 e. The van der Waals surface area contributed by atoms with E-state index in [0.717, 1.165) is 18.7 Å². The second-order valence-corrected chi connectivity index (χ2v) is 5.52. The molecule has 5 nitrogen and oxygen atoms in total. The molecule has 0 aliphatic carbocycles. The quantitative estimate of drug-likeness (QED) is 0.739. The van der Waals surface area contributed by atoms with Crippen LogP contribution >= 0.6 is 0 Å². The Morgan fingerprint density at radius 2 is 2.00 bits per heavy atom. The van der Waals surface area contributed by atoms with Gasteiger partial charge in [0.15, 0.2) is 0 Å². The molecule has 1 aliphatic heterocycles. The molecule has 0 spiro atoms. The Morgan fingerprint density at radius 1 is 1.32 bits per heavy atom. The number of carbonyl (C=O) groups is 2. The van der Waals surface area contributed by atoms with E-state index in [2.05, 4.69) is 10.6 Å². The molecule has 4 N–H and O–H groups in total.